The van der Waals surface area contributed by atoms with Crippen LogP contribution in [0, 0.1) is 0 Å². The molecule has 0 saturated heterocycles. The van der Waals surface area contributed by atoms with Gasteiger partial charge in [0, 0.05) is 0 Å². The van der Waals surface area contributed by atoms with Gasteiger partial charge in [-0.1, -0.05) is 0 Å². The molecule has 0 bridgehead atoms. The van der Waals surface area contributed by atoms with Gasteiger partial charge in [-0.3, -0.25) is 0 Å². The minimum Gasteiger partial charge on any atom is -0.330 e. The van der Waals surface area contributed by atoms with Crippen molar-refractivity contribution in [3.63, 3.8) is 0 Å². The predicted molar refractivity (Wildman–Crippen MR) is 69.0 cm³/mol. The summed E-state index contributed by atoms with van der Waals surface area (Å²) >= 11 is 1.30. The van der Waals surface area contributed by atoms with Gasteiger partial charge in [0.2, 0.25) is 24.0 Å². The third-order valence-electron chi connectivity index (χ3n) is 1.59. The van der Waals surface area contributed by atoms with Crippen LogP contribution in [0.2, 0.25) is 0 Å². The third kappa shape index (κ3) is 10.4. The van der Waals surface area contributed by atoms with Gasteiger partial charge in [0.25, 0.3) is 0 Å². The monoisotopic (exact) mass is 385 g/mol. The van der Waals surface area contributed by atoms with Crippen LogP contribution in [0.15, 0.2) is 0 Å². The summed E-state index contributed by atoms with van der Waals surface area (Å²) in [6.07, 6.45) is 0. The smallest absolute Gasteiger partial charge is 0.330 e. The average molecular weight is 385 g/mol. The number of nitrogens with zero attached hydrogens (tertiary/aromatic N) is 1. The molecule has 7 heteroatoms. The number of hydrogen-bond acceptors (Lipinski definition) is 4. The van der Waals surface area contributed by atoms with Crippen molar-refractivity contribution < 1.29 is 42.1 Å². The molecule has 100 valence electrons. The first kappa shape index (κ1) is 19.5. The summed E-state index contributed by atoms with van der Waals surface area (Å²) < 4.78 is 23.2. The third-order valence-corrected chi connectivity index (χ3v) is 5.55. The van der Waals surface area contributed by atoms with Crippen LogP contribution in [0.1, 0.15) is 13.8 Å². The molecule has 0 aliphatic carbocycles. The Morgan fingerprint density at radius 1 is 1.12 bits per heavy atom. The van der Waals surface area contributed by atoms with E-state index in [-0.39, 0.29) is 24.0 Å². The minimum absolute atomic E-state index is 0. The topological polar surface area (TPSA) is 35.5 Å². The van der Waals surface area contributed by atoms with Crippen molar-refractivity contribution >= 4 is 18.2 Å². The molecule has 0 amide bonds. The molecule has 0 atom stereocenters. The van der Waals surface area contributed by atoms with Crippen molar-refractivity contribution in [2.24, 2.45) is 0 Å². The lowest BCUT2D eigenvalue weighted by atomic mass is 10.6. The molecule has 0 aliphatic rings. The first-order valence-electron chi connectivity index (χ1n) is 5.17. The predicted octanol–water partition coefficient (Wildman–Crippen LogP) is -0.924. The molecule has 0 radical (unpaired) electrons. The summed E-state index contributed by atoms with van der Waals surface area (Å²) in [5.41, 5.74) is 0. The maximum atomic E-state index is 12.0. The van der Waals surface area contributed by atoms with E-state index in [1.807, 2.05) is 13.8 Å². The lowest BCUT2D eigenvalue weighted by Crippen LogP contribution is -3.00. The molecular weight excluding hydrogens is 360 g/mol. The molecule has 16 heavy (non-hydrogen) atoms. The van der Waals surface area contributed by atoms with Crippen LogP contribution >= 0.6 is 18.2 Å². The highest BCUT2D eigenvalue weighted by molar-refractivity contribution is 8.55. The molecule has 0 aromatic carbocycles. The minimum atomic E-state index is -2.90. The molecule has 4 nitrogen and oxygen atoms in total. The Morgan fingerprint density at radius 2 is 1.56 bits per heavy atom. The Balaban J connectivity index is 0. The molecule has 0 spiro atoms. The summed E-state index contributed by atoms with van der Waals surface area (Å²) in [7, 11) is 6.31. The Morgan fingerprint density at radius 3 is 1.88 bits per heavy atom. The van der Waals surface area contributed by atoms with Gasteiger partial charge in [0.1, 0.15) is 0 Å². The highest BCUT2D eigenvalue weighted by atomic mass is 127. The molecule has 0 rings (SSSR count). The van der Waals surface area contributed by atoms with E-state index in [0.717, 1.165) is 16.8 Å². The number of hydrogen-bond donors (Lipinski definition) is 0. The van der Waals surface area contributed by atoms with Gasteiger partial charge in [-0.25, -0.2) is 4.57 Å². The van der Waals surface area contributed by atoms with Gasteiger partial charge in [0.15, 0.2) is 0 Å². The van der Waals surface area contributed by atoms with Crippen LogP contribution < -0.4 is 24.0 Å². The van der Waals surface area contributed by atoms with Crippen molar-refractivity contribution in [3.05, 3.63) is 0 Å². The van der Waals surface area contributed by atoms with E-state index in [1.54, 1.807) is 0 Å². The number of quaternary nitrogens is 1. The van der Waals surface area contributed by atoms with Gasteiger partial charge < -0.3 is 13.5 Å². The zero-order valence-electron chi connectivity index (χ0n) is 10.8. The molecule has 0 aromatic heterocycles. The van der Waals surface area contributed by atoms with Gasteiger partial charge >= 0.3 is 6.80 Å². The number of rotatable bonds is 8. The summed E-state index contributed by atoms with van der Waals surface area (Å²) in [4.78, 5) is 0. The van der Waals surface area contributed by atoms with Gasteiger partial charge in [0.05, 0.1) is 46.7 Å². The van der Waals surface area contributed by atoms with Crippen molar-refractivity contribution in [2.75, 3.05) is 46.7 Å². The summed E-state index contributed by atoms with van der Waals surface area (Å²) in [5.74, 6) is 0.779. The van der Waals surface area contributed by atoms with Gasteiger partial charge in [-0.15, -0.1) is 0 Å². The zero-order valence-corrected chi connectivity index (χ0v) is 15.1. The normalized spacial score (nSPS) is 12.3. The van der Waals surface area contributed by atoms with Crippen LogP contribution in [-0.4, -0.2) is 51.1 Å². The van der Waals surface area contributed by atoms with Crippen molar-refractivity contribution in [1.82, 2.24) is 0 Å². The lowest BCUT2D eigenvalue weighted by molar-refractivity contribution is -0.867. The van der Waals surface area contributed by atoms with Crippen LogP contribution in [0.3, 0.4) is 0 Å². The average Bonchev–Trinajstić information content (AvgIpc) is 2.01. The molecule has 0 fully saturated rings. The highest BCUT2D eigenvalue weighted by Gasteiger charge is 2.25. The van der Waals surface area contributed by atoms with Crippen LogP contribution in [-0.2, 0) is 13.6 Å². The lowest BCUT2D eigenvalue weighted by Gasteiger charge is -2.24. The van der Waals surface area contributed by atoms with Crippen molar-refractivity contribution in [3.8, 4) is 0 Å². The Hall–Kier alpha value is 1.19. The fourth-order valence-corrected chi connectivity index (χ4v) is 4.56. The van der Waals surface area contributed by atoms with Gasteiger partial charge in [-0.05, 0) is 25.2 Å². The van der Waals surface area contributed by atoms with Crippen molar-refractivity contribution in [1.29, 1.82) is 0 Å². The summed E-state index contributed by atoms with van der Waals surface area (Å²) in [6.45, 7) is 2.54. The first-order chi connectivity index (χ1) is 6.83. The van der Waals surface area contributed by atoms with E-state index in [0.29, 0.717) is 13.2 Å². The largest absolute Gasteiger partial charge is 0.389 e. The Kier molecular flexibility index (Phi) is 11.2. The Bertz CT molecular complexity index is 213. The maximum absolute atomic E-state index is 12.0. The molecular formula is C9H25INO3PS+2. The second-order valence-corrected chi connectivity index (χ2v) is 8.32. The van der Waals surface area contributed by atoms with Crippen LogP contribution in [0.5, 0.6) is 0 Å². The fourth-order valence-electron chi connectivity index (χ4n) is 0.855. The van der Waals surface area contributed by atoms with E-state index < -0.39 is 6.80 Å². The fraction of sp³-hybridized carbons (Fsp3) is 1.00. The number of halogens is 1. The van der Waals surface area contributed by atoms with E-state index in [4.69, 9.17) is 9.05 Å². The second kappa shape index (κ2) is 9.16. The Labute approximate surface area is 120 Å². The van der Waals surface area contributed by atoms with E-state index in [2.05, 4.69) is 21.1 Å². The molecule has 0 unspecified atom stereocenters. The van der Waals surface area contributed by atoms with E-state index in [1.165, 1.54) is 11.4 Å². The van der Waals surface area contributed by atoms with E-state index >= 15 is 0 Å². The van der Waals surface area contributed by atoms with Gasteiger partial charge in [-0.2, -0.15) is 0 Å². The van der Waals surface area contributed by atoms with E-state index in [9.17, 15) is 4.57 Å². The SMILES string of the molecule is CCOP(=O)(OCC)SCC[N+](C)(C)C.[IH2+]. The quantitative estimate of drug-likeness (QED) is 0.308. The van der Waals surface area contributed by atoms with Crippen molar-refractivity contribution in [2.45, 2.75) is 13.8 Å². The molecule has 0 aliphatic heterocycles. The second-order valence-electron chi connectivity index (χ2n) is 4.13. The molecule has 0 heterocycles. The highest BCUT2D eigenvalue weighted by Crippen LogP contribution is 2.60. The standard InChI is InChI=1S/C9H23NO3PS.H2I/c1-6-12-14(11,13-7-2)15-9-8-10(3,4)5;/h6-9H2,1-5H3;1H2/q2*+1. The van der Waals surface area contributed by atoms with Crippen LogP contribution in [0.25, 0.3) is 0 Å². The zero-order chi connectivity index (χ0) is 11.9. The first-order valence-corrected chi connectivity index (χ1v) is 8.30. The maximum Gasteiger partial charge on any atom is 0.389 e. The molecule has 0 N–H and O–H groups in total. The molecule has 0 saturated carbocycles. The summed E-state index contributed by atoms with van der Waals surface area (Å²) in [5, 5.41) is 0. The summed E-state index contributed by atoms with van der Waals surface area (Å²) in [6, 6.07) is 0. The molecule has 0 aromatic rings. The van der Waals surface area contributed by atoms with Crippen LogP contribution in [0.4, 0.5) is 0 Å².